The van der Waals surface area contributed by atoms with E-state index >= 15 is 0 Å². The summed E-state index contributed by atoms with van der Waals surface area (Å²) in [5.41, 5.74) is 10.9. The summed E-state index contributed by atoms with van der Waals surface area (Å²) in [6.07, 6.45) is 1.05. The van der Waals surface area contributed by atoms with Crippen molar-refractivity contribution in [3.8, 4) is 0 Å². The quantitative estimate of drug-likeness (QED) is 0.552. The Labute approximate surface area is 56.4 Å². The van der Waals surface area contributed by atoms with Crippen LogP contribution < -0.4 is 11.5 Å². The molecule has 56 valence electrons. The Bertz CT molecular complexity index is 64.1. The zero-order chi connectivity index (χ0) is 7.28. The van der Waals surface area contributed by atoms with Crippen molar-refractivity contribution in [3.63, 3.8) is 0 Å². The van der Waals surface area contributed by atoms with Gasteiger partial charge in [-0.1, -0.05) is 6.92 Å². The maximum absolute atomic E-state index is 5.59. The molecule has 0 aliphatic rings. The van der Waals surface area contributed by atoms with Gasteiger partial charge in [0.15, 0.2) is 0 Å². The van der Waals surface area contributed by atoms with Crippen LogP contribution in [0.1, 0.15) is 13.3 Å². The van der Waals surface area contributed by atoms with E-state index in [9.17, 15) is 0 Å². The van der Waals surface area contributed by atoms with Gasteiger partial charge in [0.2, 0.25) is 0 Å². The van der Waals surface area contributed by atoms with E-state index in [0.29, 0.717) is 6.54 Å². The first-order valence-electron chi connectivity index (χ1n) is 3.24. The SMILES string of the molecule is CCC(OC)C(N)CN. The third kappa shape index (κ3) is 2.79. The molecule has 0 fully saturated rings. The molecule has 0 heterocycles. The first-order chi connectivity index (χ1) is 4.26. The molecule has 2 atom stereocenters. The fraction of sp³-hybridized carbons (Fsp3) is 1.00. The molecule has 0 amide bonds. The molecule has 2 unspecified atom stereocenters. The van der Waals surface area contributed by atoms with Gasteiger partial charge in [-0.05, 0) is 6.42 Å². The number of nitrogens with two attached hydrogens (primary N) is 2. The van der Waals surface area contributed by atoms with Crippen LogP contribution in [0.4, 0.5) is 0 Å². The lowest BCUT2D eigenvalue weighted by atomic mass is 10.1. The summed E-state index contributed by atoms with van der Waals surface area (Å²) in [6.45, 7) is 2.52. The minimum absolute atomic E-state index is 0.0139. The summed E-state index contributed by atoms with van der Waals surface area (Å²) in [4.78, 5) is 0. The Morgan fingerprint density at radius 1 is 1.56 bits per heavy atom. The fourth-order valence-corrected chi connectivity index (χ4v) is 0.796. The molecule has 0 bridgehead atoms. The Balaban J connectivity index is 3.50. The molecule has 0 saturated heterocycles. The van der Waals surface area contributed by atoms with Gasteiger partial charge in [-0.15, -0.1) is 0 Å². The fourth-order valence-electron chi connectivity index (χ4n) is 0.796. The standard InChI is InChI=1S/C6H16N2O/c1-3-6(9-2)5(8)4-7/h5-6H,3-4,7-8H2,1-2H3. The van der Waals surface area contributed by atoms with Gasteiger partial charge < -0.3 is 16.2 Å². The van der Waals surface area contributed by atoms with Crippen molar-refractivity contribution in [3.05, 3.63) is 0 Å². The van der Waals surface area contributed by atoms with Gasteiger partial charge in [-0.3, -0.25) is 0 Å². The summed E-state index contributed by atoms with van der Waals surface area (Å²) in [5, 5.41) is 0. The second kappa shape index (κ2) is 4.73. The Kier molecular flexibility index (Phi) is 4.67. The predicted octanol–water partition coefficient (Wildman–Crippen LogP) is -0.303. The molecular formula is C6H16N2O. The van der Waals surface area contributed by atoms with E-state index in [2.05, 4.69) is 0 Å². The van der Waals surface area contributed by atoms with Crippen LogP contribution in [0.3, 0.4) is 0 Å². The molecule has 0 aromatic rings. The monoisotopic (exact) mass is 132 g/mol. The van der Waals surface area contributed by atoms with E-state index in [-0.39, 0.29) is 12.1 Å². The first kappa shape index (κ1) is 8.88. The van der Waals surface area contributed by atoms with Crippen LogP contribution in [0.2, 0.25) is 0 Å². The minimum atomic E-state index is -0.0139. The third-order valence-electron chi connectivity index (χ3n) is 1.45. The van der Waals surface area contributed by atoms with Crippen LogP contribution in [0.15, 0.2) is 0 Å². The largest absolute Gasteiger partial charge is 0.380 e. The highest BCUT2D eigenvalue weighted by Crippen LogP contribution is 1.98. The van der Waals surface area contributed by atoms with Crippen molar-refractivity contribution in [1.82, 2.24) is 0 Å². The lowest BCUT2D eigenvalue weighted by molar-refractivity contribution is 0.0795. The number of hydrogen-bond donors (Lipinski definition) is 2. The van der Waals surface area contributed by atoms with Crippen LogP contribution in [-0.4, -0.2) is 25.8 Å². The Morgan fingerprint density at radius 2 is 2.11 bits per heavy atom. The summed E-state index contributed by atoms with van der Waals surface area (Å²) >= 11 is 0. The molecule has 0 aliphatic carbocycles. The molecular weight excluding hydrogens is 116 g/mol. The van der Waals surface area contributed by atoms with Crippen molar-refractivity contribution in [1.29, 1.82) is 0 Å². The van der Waals surface area contributed by atoms with Crippen LogP contribution in [0.5, 0.6) is 0 Å². The third-order valence-corrected chi connectivity index (χ3v) is 1.45. The van der Waals surface area contributed by atoms with Gasteiger partial charge in [0.05, 0.1) is 6.10 Å². The van der Waals surface area contributed by atoms with E-state index in [1.54, 1.807) is 7.11 Å². The molecule has 0 spiro atoms. The van der Waals surface area contributed by atoms with E-state index in [4.69, 9.17) is 16.2 Å². The van der Waals surface area contributed by atoms with Crippen molar-refractivity contribution >= 4 is 0 Å². The normalized spacial score (nSPS) is 17.3. The molecule has 0 saturated carbocycles. The molecule has 0 aromatic carbocycles. The van der Waals surface area contributed by atoms with Crippen LogP contribution in [0.25, 0.3) is 0 Å². The van der Waals surface area contributed by atoms with Crippen molar-refractivity contribution < 1.29 is 4.74 Å². The lowest BCUT2D eigenvalue weighted by Crippen LogP contribution is -2.41. The average molecular weight is 132 g/mol. The lowest BCUT2D eigenvalue weighted by Gasteiger charge is -2.18. The Hall–Kier alpha value is -0.120. The van der Waals surface area contributed by atoms with Gasteiger partial charge in [0.25, 0.3) is 0 Å². The number of ether oxygens (including phenoxy) is 1. The molecule has 0 aromatic heterocycles. The van der Waals surface area contributed by atoms with E-state index < -0.39 is 0 Å². The van der Waals surface area contributed by atoms with Crippen LogP contribution in [0, 0.1) is 0 Å². The summed E-state index contributed by atoms with van der Waals surface area (Å²) in [5.74, 6) is 0. The van der Waals surface area contributed by atoms with Gasteiger partial charge in [-0.25, -0.2) is 0 Å². The molecule has 0 radical (unpaired) electrons. The summed E-state index contributed by atoms with van der Waals surface area (Å²) in [6, 6.07) is -0.0139. The van der Waals surface area contributed by atoms with Crippen molar-refractivity contribution in [2.45, 2.75) is 25.5 Å². The molecule has 0 rings (SSSR count). The smallest absolute Gasteiger partial charge is 0.0731 e. The maximum atomic E-state index is 5.59. The number of methoxy groups -OCH3 is 1. The van der Waals surface area contributed by atoms with Crippen LogP contribution in [-0.2, 0) is 4.74 Å². The zero-order valence-electron chi connectivity index (χ0n) is 6.13. The van der Waals surface area contributed by atoms with Gasteiger partial charge in [0.1, 0.15) is 0 Å². The van der Waals surface area contributed by atoms with Gasteiger partial charge in [-0.2, -0.15) is 0 Å². The first-order valence-corrected chi connectivity index (χ1v) is 3.24. The number of hydrogen-bond acceptors (Lipinski definition) is 3. The van der Waals surface area contributed by atoms with Crippen LogP contribution >= 0.6 is 0 Å². The van der Waals surface area contributed by atoms with E-state index in [1.807, 2.05) is 6.92 Å². The van der Waals surface area contributed by atoms with Crippen molar-refractivity contribution in [2.24, 2.45) is 11.5 Å². The molecule has 3 nitrogen and oxygen atoms in total. The van der Waals surface area contributed by atoms with E-state index in [0.717, 1.165) is 6.42 Å². The summed E-state index contributed by atoms with van der Waals surface area (Å²) in [7, 11) is 1.66. The predicted molar refractivity (Wildman–Crippen MR) is 38.1 cm³/mol. The highest BCUT2D eigenvalue weighted by Gasteiger charge is 2.11. The second-order valence-electron chi connectivity index (χ2n) is 2.08. The average Bonchev–Trinajstić information content (AvgIpc) is 1.90. The molecule has 4 N–H and O–H groups in total. The summed E-state index contributed by atoms with van der Waals surface area (Å²) < 4.78 is 5.05. The van der Waals surface area contributed by atoms with Gasteiger partial charge in [0, 0.05) is 19.7 Å². The van der Waals surface area contributed by atoms with Gasteiger partial charge >= 0.3 is 0 Å². The molecule has 3 heteroatoms. The Morgan fingerprint density at radius 3 is 2.22 bits per heavy atom. The second-order valence-corrected chi connectivity index (χ2v) is 2.08. The minimum Gasteiger partial charge on any atom is -0.380 e. The number of rotatable bonds is 4. The highest BCUT2D eigenvalue weighted by molar-refractivity contribution is 4.71. The highest BCUT2D eigenvalue weighted by atomic mass is 16.5. The van der Waals surface area contributed by atoms with Crippen molar-refractivity contribution in [2.75, 3.05) is 13.7 Å². The molecule has 9 heavy (non-hydrogen) atoms. The zero-order valence-corrected chi connectivity index (χ0v) is 6.13. The topological polar surface area (TPSA) is 61.3 Å². The van der Waals surface area contributed by atoms with E-state index in [1.165, 1.54) is 0 Å². The molecule has 0 aliphatic heterocycles. The maximum Gasteiger partial charge on any atom is 0.0731 e.